The highest BCUT2D eigenvalue weighted by atomic mass is 16.5. The molecule has 0 bridgehead atoms. The van der Waals surface area contributed by atoms with Crippen molar-refractivity contribution in [1.29, 1.82) is 0 Å². The minimum absolute atomic E-state index is 0.209. The van der Waals surface area contributed by atoms with Crippen LogP contribution in [0.1, 0.15) is 24.8 Å². The van der Waals surface area contributed by atoms with Crippen molar-refractivity contribution in [2.45, 2.75) is 31.3 Å². The number of ether oxygens (including phenoxy) is 1. The van der Waals surface area contributed by atoms with E-state index in [1.807, 2.05) is 6.07 Å². The number of hydrogen-bond donors (Lipinski definition) is 2. The van der Waals surface area contributed by atoms with Crippen LogP contribution in [0.4, 0.5) is 0 Å². The van der Waals surface area contributed by atoms with Gasteiger partial charge in [-0.15, -0.1) is 0 Å². The zero-order valence-corrected chi connectivity index (χ0v) is 8.86. The number of phenolic OH excluding ortho intramolecular Hbond substituents is 1. The van der Waals surface area contributed by atoms with E-state index in [9.17, 15) is 10.2 Å². The van der Waals surface area contributed by atoms with Crippen molar-refractivity contribution in [3.63, 3.8) is 0 Å². The summed E-state index contributed by atoms with van der Waals surface area (Å²) in [6.45, 7) is 0. The predicted octanol–water partition coefficient (Wildman–Crippen LogP) is 1.86. The summed E-state index contributed by atoms with van der Waals surface area (Å²) in [4.78, 5) is 0. The Morgan fingerprint density at radius 1 is 1.40 bits per heavy atom. The van der Waals surface area contributed by atoms with Crippen LogP contribution in [-0.2, 0) is 6.42 Å². The van der Waals surface area contributed by atoms with Gasteiger partial charge in [0.05, 0.1) is 12.7 Å². The summed E-state index contributed by atoms with van der Waals surface area (Å²) in [7, 11) is 1.59. The van der Waals surface area contributed by atoms with Crippen LogP contribution < -0.4 is 4.74 Å². The van der Waals surface area contributed by atoms with Crippen molar-refractivity contribution in [2.75, 3.05) is 7.11 Å². The standard InChI is InChI=1S/C12H16O3/c1-15-11-8-10(13)3-2-9(11)4-5-12(14)6-7-12/h2-3,8,13-14H,4-7H2,1H3. The smallest absolute Gasteiger partial charge is 0.125 e. The number of phenols is 1. The van der Waals surface area contributed by atoms with Crippen LogP contribution in [0.5, 0.6) is 11.5 Å². The maximum Gasteiger partial charge on any atom is 0.125 e. The first-order chi connectivity index (χ1) is 7.13. The second-order valence-corrected chi connectivity index (χ2v) is 4.22. The van der Waals surface area contributed by atoms with Crippen molar-refractivity contribution < 1.29 is 14.9 Å². The molecule has 0 heterocycles. The van der Waals surface area contributed by atoms with E-state index in [1.54, 1.807) is 19.2 Å². The van der Waals surface area contributed by atoms with Gasteiger partial charge in [-0.2, -0.15) is 0 Å². The van der Waals surface area contributed by atoms with Crippen LogP contribution in [0.25, 0.3) is 0 Å². The molecule has 1 aromatic carbocycles. The molecule has 3 heteroatoms. The second-order valence-electron chi connectivity index (χ2n) is 4.22. The zero-order valence-electron chi connectivity index (χ0n) is 8.86. The van der Waals surface area contributed by atoms with Gasteiger partial charge in [-0.1, -0.05) is 6.07 Å². The lowest BCUT2D eigenvalue weighted by Gasteiger charge is -2.11. The Morgan fingerprint density at radius 2 is 2.13 bits per heavy atom. The third-order valence-electron chi connectivity index (χ3n) is 2.96. The molecule has 1 saturated carbocycles. The van der Waals surface area contributed by atoms with E-state index in [0.29, 0.717) is 5.75 Å². The summed E-state index contributed by atoms with van der Waals surface area (Å²) in [6, 6.07) is 5.10. The summed E-state index contributed by atoms with van der Waals surface area (Å²) in [5.74, 6) is 0.903. The maximum absolute atomic E-state index is 9.72. The Labute approximate surface area is 89.3 Å². The van der Waals surface area contributed by atoms with Crippen LogP contribution in [-0.4, -0.2) is 22.9 Å². The maximum atomic E-state index is 9.72. The molecule has 0 atom stereocenters. The van der Waals surface area contributed by atoms with E-state index >= 15 is 0 Å². The number of hydrogen-bond acceptors (Lipinski definition) is 3. The SMILES string of the molecule is COc1cc(O)ccc1CCC1(O)CC1. The second kappa shape index (κ2) is 3.74. The minimum Gasteiger partial charge on any atom is -0.508 e. The minimum atomic E-state index is -0.428. The third-order valence-corrected chi connectivity index (χ3v) is 2.96. The Bertz CT molecular complexity index is 356. The van der Waals surface area contributed by atoms with Gasteiger partial charge in [0.1, 0.15) is 11.5 Å². The first-order valence-electron chi connectivity index (χ1n) is 5.21. The first-order valence-corrected chi connectivity index (χ1v) is 5.21. The molecule has 2 N–H and O–H groups in total. The molecule has 0 radical (unpaired) electrons. The molecule has 0 amide bonds. The molecule has 1 fully saturated rings. The van der Waals surface area contributed by atoms with Gasteiger partial charge in [-0.05, 0) is 37.3 Å². The van der Waals surface area contributed by atoms with Crippen molar-refractivity contribution in [3.8, 4) is 11.5 Å². The molecule has 1 aliphatic rings. The van der Waals surface area contributed by atoms with E-state index in [2.05, 4.69) is 0 Å². The van der Waals surface area contributed by atoms with Crippen molar-refractivity contribution in [1.82, 2.24) is 0 Å². The third kappa shape index (κ3) is 2.42. The molecule has 3 nitrogen and oxygen atoms in total. The molecular formula is C12H16O3. The van der Waals surface area contributed by atoms with Gasteiger partial charge in [0, 0.05) is 6.07 Å². The number of aryl methyl sites for hydroxylation is 1. The van der Waals surface area contributed by atoms with E-state index < -0.39 is 5.60 Å². The molecule has 0 saturated heterocycles. The molecule has 0 unspecified atom stereocenters. The van der Waals surface area contributed by atoms with Gasteiger partial charge in [0.15, 0.2) is 0 Å². The van der Waals surface area contributed by atoms with Gasteiger partial charge >= 0.3 is 0 Å². The van der Waals surface area contributed by atoms with Gasteiger partial charge < -0.3 is 14.9 Å². The average Bonchev–Trinajstić information content (AvgIpc) is 2.95. The lowest BCUT2D eigenvalue weighted by Crippen LogP contribution is -2.08. The summed E-state index contributed by atoms with van der Waals surface area (Å²) in [5.41, 5.74) is 0.610. The summed E-state index contributed by atoms with van der Waals surface area (Å²) in [5, 5.41) is 19.0. The van der Waals surface area contributed by atoms with Gasteiger partial charge in [0.25, 0.3) is 0 Å². The number of aliphatic hydroxyl groups is 1. The molecule has 82 valence electrons. The van der Waals surface area contributed by atoms with Gasteiger partial charge in [0.2, 0.25) is 0 Å². The molecule has 1 aromatic rings. The average molecular weight is 208 g/mol. The van der Waals surface area contributed by atoms with Gasteiger partial charge in [-0.25, -0.2) is 0 Å². The van der Waals surface area contributed by atoms with E-state index in [4.69, 9.17) is 4.74 Å². The molecule has 2 rings (SSSR count). The van der Waals surface area contributed by atoms with Crippen molar-refractivity contribution in [3.05, 3.63) is 23.8 Å². The monoisotopic (exact) mass is 208 g/mol. The number of rotatable bonds is 4. The van der Waals surface area contributed by atoms with E-state index in [1.165, 1.54) is 0 Å². The highest BCUT2D eigenvalue weighted by Gasteiger charge is 2.39. The summed E-state index contributed by atoms with van der Waals surface area (Å²) in [6.07, 6.45) is 3.38. The van der Waals surface area contributed by atoms with Crippen LogP contribution in [0.2, 0.25) is 0 Å². The normalized spacial score (nSPS) is 17.5. The summed E-state index contributed by atoms with van der Waals surface area (Å²) >= 11 is 0. The highest BCUT2D eigenvalue weighted by Crippen LogP contribution is 2.40. The Kier molecular flexibility index (Phi) is 2.57. The predicted molar refractivity (Wildman–Crippen MR) is 57.2 cm³/mol. The Balaban J connectivity index is 2.06. The van der Waals surface area contributed by atoms with Crippen LogP contribution in [0, 0.1) is 0 Å². The van der Waals surface area contributed by atoms with E-state index in [-0.39, 0.29) is 5.75 Å². The largest absolute Gasteiger partial charge is 0.508 e. The lowest BCUT2D eigenvalue weighted by atomic mass is 10.0. The first kappa shape index (κ1) is 10.3. The highest BCUT2D eigenvalue weighted by molar-refractivity contribution is 5.40. The number of aromatic hydroxyl groups is 1. The summed E-state index contributed by atoms with van der Waals surface area (Å²) < 4.78 is 5.17. The van der Waals surface area contributed by atoms with Crippen molar-refractivity contribution in [2.24, 2.45) is 0 Å². The molecule has 15 heavy (non-hydrogen) atoms. The Hall–Kier alpha value is -1.22. The molecular weight excluding hydrogens is 192 g/mol. The zero-order chi connectivity index (χ0) is 10.9. The fraction of sp³-hybridized carbons (Fsp3) is 0.500. The molecule has 0 aliphatic heterocycles. The molecule has 1 aliphatic carbocycles. The van der Waals surface area contributed by atoms with Crippen LogP contribution in [0.3, 0.4) is 0 Å². The Morgan fingerprint density at radius 3 is 2.73 bits per heavy atom. The van der Waals surface area contributed by atoms with Crippen LogP contribution in [0.15, 0.2) is 18.2 Å². The quantitative estimate of drug-likeness (QED) is 0.794. The number of benzene rings is 1. The van der Waals surface area contributed by atoms with Crippen molar-refractivity contribution >= 4 is 0 Å². The molecule has 0 spiro atoms. The van der Waals surface area contributed by atoms with E-state index in [0.717, 1.165) is 31.2 Å². The topological polar surface area (TPSA) is 49.7 Å². The van der Waals surface area contributed by atoms with Crippen LogP contribution >= 0.6 is 0 Å². The fourth-order valence-corrected chi connectivity index (χ4v) is 1.70. The number of methoxy groups -OCH3 is 1. The fourth-order valence-electron chi connectivity index (χ4n) is 1.70. The molecule has 0 aromatic heterocycles. The van der Waals surface area contributed by atoms with Gasteiger partial charge in [-0.3, -0.25) is 0 Å². The lowest BCUT2D eigenvalue weighted by molar-refractivity contribution is 0.140.